The Morgan fingerprint density at radius 3 is 2.71 bits per heavy atom. The normalized spacial score (nSPS) is 17.5. The molecule has 0 aromatic carbocycles. The van der Waals surface area contributed by atoms with Crippen LogP contribution in [0.15, 0.2) is 6.33 Å². The highest BCUT2D eigenvalue weighted by atomic mass is 19.1. The van der Waals surface area contributed by atoms with Crippen LogP contribution in [0.3, 0.4) is 0 Å². The first kappa shape index (κ1) is 12.2. The standard InChI is InChI=1S/C12H19FN4/c1-2-10-11(13)12(16-8-15-10)17-5-3-9(7-14)4-6-17/h8-9H,2-7,14H2,1H3. The molecule has 1 aromatic rings. The van der Waals surface area contributed by atoms with Crippen molar-refractivity contribution in [3.05, 3.63) is 17.8 Å². The lowest BCUT2D eigenvalue weighted by Crippen LogP contribution is -2.37. The van der Waals surface area contributed by atoms with E-state index >= 15 is 0 Å². The number of piperidine rings is 1. The molecule has 1 fully saturated rings. The molecule has 4 nitrogen and oxygen atoms in total. The van der Waals surface area contributed by atoms with Crippen molar-refractivity contribution in [3.63, 3.8) is 0 Å². The summed E-state index contributed by atoms with van der Waals surface area (Å²) in [6.45, 7) is 4.29. The molecular weight excluding hydrogens is 219 g/mol. The minimum Gasteiger partial charge on any atom is -0.354 e. The van der Waals surface area contributed by atoms with E-state index in [1.54, 1.807) is 0 Å². The van der Waals surface area contributed by atoms with Crippen molar-refractivity contribution >= 4 is 5.82 Å². The van der Waals surface area contributed by atoms with Crippen LogP contribution in [0.2, 0.25) is 0 Å². The van der Waals surface area contributed by atoms with Gasteiger partial charge in [-0.25, -0.2) is 14.4 Å². The van der Waals surface area contributed by atoms with E-state index in [2.05, 4.69) is 9.97 Å². The van der Waals surface area contributed by atoms with E-state index in [-0.39, 0.29) is 5.82 Å². The van der Waals surface area contributed by atoms with Gasteiger partial charge in [0, 0.05) is 13.1 Å². The van der Waals surface area contributed by atoms with Crippen molar-refractivity contribution in [2.75, 3.05) is 24.5 Å². The number of aromatic nitrogens is 2. The van der Waals surface area contributed by atoms with Crippen LogP contribution in [0, 0.1) is 11.7 Å². The van der Waals surface area contributed by atoms with Crippen molar-refractivity contribution in [1.82, 2.24) is 9.97 Å². The monoisotopic (exact) mass is 238 g/mol. The number of nitrogens with two attached hydrogens (primary N) is 1. The third kappa shape index (κ3) is 2.54. The summed E-state index contributed by atoms with van der Waals surface area (Å²) in [4.78, 5) is 10.0. The van der Waals surface area contributed by atoms with Crippen LogP contribution in [-0.2, 0) is 6.42 Å². The van der Waals surface area contributed by atoms with Crippen LogP contribution >= 0.6 is 0 Å². The second kappa shape index (κ2) is 5.40. The highest BCUT2D eigenvalue weighted by Gasteiger charge is 2.22. The van der Waals surface area contributed by atoms with Gasteiger partial charge in [0.05, 0.1) is 5.69 Å². The summed E-state index contributed by atoms with van der Waals surface area (Å²) in [5.74, 6) is 0.760. The van der Waals surface area contributed by atoms with E-state index in [1.807, 2.05) is 11.8 Å². The second-order valence-electron chi connectivity index (χ2n) is 4.48. The van der Waals surface area contributed by atoms with Crippen molar-refractivity contribution < 1.29 is 4.39 Å². The van der Waals surface area contributed by atoms with Gasteiger partial charge in [-0.05, 0) is 31.7 Å². The molecule has 0 saturated carbocycles. The molecule has 0 atom stereocenters. The fourth-order valence-corrected chi connectivity index (χ4v) is 2.24. The molecule has 0 bridgehead atoms. The highest BCUT2D eigenvalue weighted by molar-refractivity contribution is 5.41. The molecule has 94 valence electrons. The Morgan fingerprint density at radius 1 is 1.41 bits per heavy atom. The van der Waals surface area contributed by atoms with Crippen LogP contribution < -0.4 is 10.6 Å². The van der Waals surface area contributed by atoms with Gasteiger partial charge < -0.3 is 10.6 Å². The maximum atomic E-state index is 14.0. The molecule has 2 rings (SSSR count). The third-order valence-corrected chi connectivity index (χ3v) is 3.43. The number of hydrogen-bond donors (Lipinski definition) is 1. The lowest BCUT2D eigenvalue weighted by atomic mass is 9.97. The Labute approximate surface area is 101 Å². The molecule has 1 aliphatic rings. The third-order valence-electron chi connectivity index (χ3n) is 3.43. The predicted octanol–water partition coefficient (Wildman–Crippen LogP) is 1.35. The molecule has 17 heavy (non-hydrogen) atoms. The number of halogens is 1. The molecule has 0 radical (unpaired) electrons. The molecule has 0 aliphatic carbocycles. The SMILES string of the molecule is CCc1ncnc(N2CCC(CN)CC2)c1F. The molecule has 2 heterocycles. The second-order valence-corrected chi connectivity index (χ2v) is 4.48. The number of aryl methyl sites for hydroxylation is 1. The Balaban J connectivity index is 2.13. The van der Waals surface area contributed by atoms with Gasteiger partial charge in [-0.15, -0.1) is 0 Å². The fourth-order valence-electron chi connectivity index (χ4n) is 2.24. The van der Waals surface area contributed by atoms with Gasteiger partial charge in [-0.3, -0.25) is 0 Å². The smallest absolute Gasteiger partial charge is 0.187 e. The number of hydrogen-bond acceptors (Lipinski definition) is 4. The maximum Gasteiger partial charge on any atom is 0.187 e. The van der Waals surface area contributed by atoms with E-state index in [0.717, 1.165) is 32.5 Å². The number of nitrogens with zero attached hydrogens (tertiary/aromatic N) is 3. The van der Waals surface area contributed by atoms with Gasteiger partial charge >= 0.3 is 0 Å². The van der Waals surface area contributed by atoms with Crippen molar-refractivity contribution in [3.8, 4) is 0 Å². The maximum absolute atomic E-state index is 14.0. The summed E-state index contributed by atoms with van der Waals surface area (Å²) in [6, 6.07) is 0. The van der Waals surface area contributed by atoms with Crippen LogP contribution in [0.1, 0.15) is 25.5 Å². The molecule has 2 N–H and O–H groups in total. The Kier molecular flexibility index (Phi) is 3.89. The van der Waals surface area contributed by atoms with Crippen molar-refractivity contribution in [1.29, 1.82) is 0 Å². The van der Waals surface area contributed by atoms with Gasteiger partial charge in [0.25, 0.3) is 0 Å². The van der Waals surface area contributed by atoms with Gasteiger partial charge in [-0.1, -0.05) is 6.92 Å². The van der Waals surface area contributed by atoms with Crippen LogP contribution in [0.25, 0.3) is 0 Å². The minimum atomic E-state index is -0.263. The summed E-state index contributed by atoms with van der Waals surface area (Å²) >= 11 is 0. The van der Waals surface area contributed by atoms with E-state index in [0.29, 0.717) is 23.9 Å². The topological polar surface area (TPSA) is 55.0 Å². The molecule has 1 aromatic heterocycles. The van der Waals surface area contributed by atoms with E-state index in [9.17, 15) is 4.39 Å². The van der Waals surface area contributed by atoms with Crippen LogP contribution in [0.4, 0.5) is 10.2 Å². The minimum absolute atomic E-state index is 0.263. The van der Waals surface area contributed by atoms with Gasteiger partial charge in [0.2, 0.25) is 0 Å². The van der Waals surface area contributed by atoms with Crippen molar-refractivity contribution in [2.45, 2.75) is 26.2 Å². The zero-order chi connectivity index (χ0) is 12.3. The lowest BCUT2D eigenvalue weighted by molar-refractivity contribution is 0.409. The van der Waals surface area contributed by atoms with Crippen molar-refractivity contribution in [2.24, 2.45) is 11.7 Å². The fraction of sp³-hybridized carbons (Fsp3) is 0.667. The zero-order valence-corrected chi connectivity index (χ0v) is 10.2. The quantitative estimate of drug-likeness (QED) is 0.863. The van der Waals surface area contributed by atoms with E-state index in [1.165, 1.54) is 6.33 Å². The number of anilines is 1. The summed E-state index contributed by atoms with van der Waals surface area (Å²) in [5.41, 5.74) is 6.14. The van der Waals surface area contributed by atoms with E-state index < -0.39 is 0 Å². The predicted molar refractivity (Wildman–Crippen MR) is 65.4 cm³/mol. The van der Waals surface area contributed by atoms with E-state index in [4.69, 9.17) is 5.73 Å². The summed E-state index contributed by atoms with van der Waals surface area (Å²) < 4.78 is 14.0. The molecule has 1 aliphatic heterocycles. The van der Waals surface area contributed by atoms with Gasteiger partial charge in [0.1, 0.15) is 6.33 Å². The molecular formula is C12H19FN4. The Hall–Kier alpha value is -1.23. The average Bonchev–Trinajstić information content (AvgIpc) is 2.39. The molecule has 1 saturated heterocycles. The molecule has 5 heteroatoms. The first-order chi connectivity index (χ1) is 8.26. The Bertz CT molecular complexity index is 375. The number of rotatable bonds is 3. The van der Waals surface area contributed by atoms with Gasteiger partial charge in [-0.2, -0.15) is 0 Å². The summed E-state index contributed by atoms with van der Waals surface area (Å²) in [7, 11) is 0. The molecule has 0 amide bonds. The zero-order valence-electron chi connectivity index (χ0n) is 10.2. The summed E-state index contributed by atoms with van der Waals surface area (Å²) in [6.07, 6.45) is 4.08. The van der Waals surface area contributed by atoms with Gasteiger partial charge in [0.15, 0.2) is 11.6 Å². The molecule has 0 unspecified atom stereocenters. The largest absolute Gasteiger partial charge is 0.354 e. The van der Waals surface area contributed by atoms with Crippen LogP contribution in [0.5, 0.6) is 0 Å². The van der Waals surface area contributed by atoms with Crippen LogP contribution in [-0.4, -0.2) is 29.6 Å². The average molecular weight is 238 g/mol. The first-order valence-corrected chi connectivity index (χ1v) is 6.20. The lowest BCUT2D eigenvalue weighted by Gasteiger charge is -2.32. The summed E-state index contributed by atoms with van der Waals surface area (Å²) in [5, 5.41) is 0. The first-order valence-electron chi connectivity index (χ1n) is 6.20. The Morgan fingerprint density at radius 2 is 2.12 bits per heavy atom. The molecule has 0 spiro atoms. The highest BCUT2D eigenvalue weighted by Crippen LogP contribution is 2.24.